The van der Waals surface area contributed by atoms with E-state index in [9.17, 15) is 14.4 Å². The van der Waals surface area contributed by atoms with E-state index in [0.29, 0.717) is 19.3 Å². The molecule has 0 saturated carbocycles. The van der Waals surface area contributed by atoms with Crippen LogP contribution in [0.5, 0.6) is 0 Å². The first-order valence-corrected chi connectivity index (χ1v) is 29.2. The Labute approximate surface area is 443 Å². The Hall–Kier alpha value is -4.45. The van der Waals surface area contributed by atoms with Crippen molar-refractivity contribution in [1.82, 2.24) is 0 Å². The molecule has 0 aliphatic rings. The molecule has 406 valence electrons. The Kier molecular flexibility index (Phi) is 55.5. The highest BCUT2D eigenvalue weighted by molar-refractivity contribution is 5.71. The zero-order valence-corrected chi connectivity index (χ0v) is 46.4. The maximum Gasteiger partial charge on any atom is 0.306 e. The zero-order chi connectivity index (χ0) is 52.2. The number of esters is 3. The van der Waals surface area contributed by atoms with Gasteiger partial charge < -0.3 is 14.2 Å². The summed E-state index contributed by atoms with van der Waals surface area (Å²) in [6.45, 7) is 6.33. The Morgan fingerprint density at radius 3 is 0.889 bits per heavy atom. The van der Waals surface area contributed by atoms with Crippen molar-refractivity contribution in [1.29, 1.82) is 0 Å². The molecule has 72 heavy (non-hydrogen) atoms. The highest BCUT2D eigenvalue weighted by atomic mass is 16.6. The molecule has 0 heterocycles. The molecule has 0 radical (unpaired) electrons. The van der Waals surface area contributed by atoms with E-state index in [1.807, 2.05) is 0 Å². The van der Waals surface area contributed by atoms with Crippen molar-refractivity contribution in [3.63, 3.8) is 0 Å². The van der Waals surface area contributed by atoms with Crippen molar-refractivity contribution in [3.05, 3.63) is 134 Å². The van der Waals surface area contributed by atoms with Gasteiger partial charge in [0.15, 0.2) is 6.10 Å². The second-order valence-electron chi connectivity index (χ2n) is 18.8. The number of hydrogen-bond acceptors (Lipinski definition) is 6. The van der Waals surface area contributed by atoms with Gasteiger partial charge in [0.2, 0.25) is 0 Å². The van der Waals surface area contributed by atoms with Crippen LogP contribution in [0.2, 0.25) is 0 Å². The van der Waals surface area contributed by atoms with Crippen LogP contribution in [0.4, 0.5) is 0 Å². The van der Waals surface area contributed by atoms with Crippen LogP contribution >= 0.6 is 0 Å². The number of carbonyl (C=O) groups excluding carboxylic acids is 3. The van der Waals surface area contributed by atoms with E-state index in [0.717, 1.165) is 135 Å². The molecular formula is C66H106O6. The molecule has 0 saturated heterocycles. The van der Waals surface area contributed by atoms with Gasteiger partial charge in [0, 0.05) is 19.3 Å². The van der Waals surface area contributed by atoms with Crippen molar-refractivity contribution in [2.75, 3.05) is 13.2 Å². The van der Waals surface area contributed by atoms with Crippen LogP contribution in [-0.4, -0.2) is 37.2 Å². The minimum Gasteiger partial charge on any atom is -0.462 e. The second kappa shape index (κ2) is 59.1. The quantitative estimate of drug-likeness (QED) is 0.0261. The van der Waals surface area contributed by atoms with Crippen LogP contribution in [0, 0.1) is 0 Å². The summed E-state index contributed by atoms with van der Waals surface area (Å²) in [4.78, 5) is 38.2. The van der Waals surface area contributed by atoms with Gasteiger partial charge in [-0.15, -0.1) is 0 Å². The maximum atomic E-state index is 12.8. The first-order valence-electron chi connectivity index (χ1n) is 29.2. The van der Waals surface area contributed by atoms with Crippen molar-refractivity contribution < 1.29 is 28.6 Å². The van der Waals surface area contributed by atoms with Crippen LogP contribution < -0.4 is 0 Å². The molecule has 0 fully saturated rings. The topological polar surface area (TPSA) is 78.9 Å². The van der Waals surface area contributed by atoms with E-state index >= 15 is 0 Å². The molecular weight excluding hydrogens is 889 g/mol. The zero-order valence-electron chi connectivity index (χ0n) is 46.4. The molecule has 6 heteroatoms. The van der Waals surface area contributed by atoms with Crippen molar-refractivity contribution in [3.8, 4) is 0 Å². The number of unbranched alkanes of at least 4 members (excludes halogenated alkanes) is 18. The van der Waals surface area contributed by atoms with Gasteiger partial charge in [0.1, 0.15) is 13.2 Å². The summed E-state index contributed by atoms with van der Waals surface area (Å²) in [7, 11) is 0. The molecule has 0 aromatic rings. The van der Waals surface area contributed by atoms with Gasteiger partial charge in [-0.3, -0.25) is 14.4 Å². The number of rotatable bonds is 51. The van der Waals surface area contributed by atoms with Crippen molar-refractivity contribution in [2.24, 2.45) is 0 Å². The normalized spacial score (nSPS) is 13.1. The fourth-order valence-electron chi connectivity index (χ4n) is 7.56. The molecule has 0 aromatic carbocycles. The van der Waals surface area contributed by atoms with Crippen molar-refractivity contribution >= 4 is 17.9 Å². The third kappa shape index (κ3) is 56.5. The highest BCUT2D eigenvalue weighted by Crippen LogP contribution is 2.14. The van der Waals surface area contributed by atoms with E-state index in [2.05, 4.69) is 154 Å². The Bertz CT molecular complexity index is 1560. The Balaban J connectivity index is 4.51. The first-order chi connectivity index (χ1) is 35.5. The molecule has 0 aliphatic heterocycles. The lowest BCUT2D eigenvalue weighted by molar-refractivity contribution is -0.167. The fourth-order valence-corrected chi connectivity index (χ4v) is 7.56. The summed E-state index contributed by atoms with van der Waals surface area (Å²) in [5.74, 6) is -0.997. The summed E-state index contributed by atoms with van der Waals surface area (Å²) in [6.07, 6.45) is 83.0. The molecule has 0 spiro atoms. The molecule has 1 unspecified atom stereocenters. The van der Waals surface area contributed by atoms with Crippen LogP contribution in [0.15, 0.2) is 134 Å². The molecule has 0 amide bonds. The fraction of sp³-hybridized carbons (Fsp3) is 0.621. The minimum atomic E-state index is -0.823. The summed E-state index contributed by atoms with van der Waals surface area (Å²) in [5.41, 5.74) is 0. The monoisotopic (exact) mass is 995 g/mol. The van der Waals surface area contributed by atoms with E-state index in [-0.39, 0.29) is 37.5 Å². The van der Waals surface area contributed by atoms with Gasteiger partial charge in [0.25, 0.3) is 0 Å². The maximum absolute atomic E-state index is 12.8. The SMILES string of the molecule is CC/C=C\C/C=C\C/C=C\C/C=C\C/C=C\CCCC(=O)OC(COC(=O)CCCCCCC/C=C\C/C=C\CCCCCC)COC(=O)CCCCCCCCCC/C=C\C/C=C\C/C=C\C/C=C\CC. The summed E-state index contributed by atoms with van der Waals surface area (Å²) in [6, 6.07) is 0. The van der Waals surface area contributed by atoms with E-state index < -0.39 is 6.10 Å². The lowest BCUT2D eigenvalue weighted by atomic mass is 10.1. The van der Waals surface area contributed by atoms with E-state index in [1.54, 1.807) is 0 Å². The van der Waals surface area contributed by atoms with Gasteiger partial charge in [-0.05, 0) is 128 Å². The molecule has 0 rings (SSSR count). The lowest BCUT2D eigenvalue weighted by Gasteiger charge is -2.18. The molecule has 0 bridgehead atoms. The van der Waals surface area contributed by atoms with Crippen LogP contribution in [0.25, 0.3) is 0 Å². The number of carbonyl (C=O) groups is 3. The Morgan fingerprint density at radius 1 is 0.292 bits per heavy atom. The van der Waals surface area contributed by atoms with Crippen molar-refractivity contribution in [2.45, 2.75) is 252 Å². The molecule has 0 aliphatic carbocycles. The van der Waals surface area contributed by atoms with Gasteiger partial charge in [0.05, 0.1) is 0 Å². The number of hydrogen-bond donors (Lipinski definition) is 0. The predicted octanol–water partition coefficient (Wildman–Crippen LogP) is 19.8. The average molecular weight is 996 g/mol. The average Bonchev–Trinajstić information content (AvgIpc) is 3.38. The van der Waals surface area contributed by atoms with Crippen LogP contribution in [-0.2, 0) is 28.6 Å². The van der Waals surface area contributed by atoms with Crippen LogP contribution in [0.1, 0.15) is 245 Å². The lowest BCUT2D eigenvalue weighted by Crippen LogP contribution is -2.30. The third-order valence-corrected chi connectivity index (χ3v) is 11.9. The van der Waals surface area contributed by atoms with Gasteiger partial charge in [-0.25, -0.2) is 0 Å². The highest BCUT2D eigenvalue weighted by Gasteiger charge is 2.19. The third-order valence-electron chi connectivity index (χ3n) is 11.9. The predicted molar refractivity (Wildman–Crippen MR) is 311 cm³/mol. The summed E-state index contributed by atoms with van der Waals surface area (Å²) in [5, 5.41) is 0. The molecule has 0 aromatic heterocycles. The van der Waals surface area contributed by atoms with Gasteiger partial charge in [-0.1, -0.05) is 231 Å². The standard InChI is InChI=1S/C66H106O6/c1-4-7-10-13-16-19-22-25-28-31-32-33-34-36-38-41-44-47-50-53-56-59-65(68)71-62-63(61-70-64(67)58-55-52-49-46-43-40-37-30-27-24-21-18-15-12-9-6-3)72-66(69)60-57-54-51-48-45-42-39-35-29-26-23-20-17-14-11-8-5-2/h7-8,10-11,16-17,19-21,24-26,28-30,32-33,37,39,42,48,51,63H,4-6,9,12-15,18,22-23,27,31,34-36,38,40-41,43-47,49-50,52-62H2,1-3H3/b10-7-,11-8-,19-16-,20-17-,24-21-,28-25-,29-26-,33-32-,37-30-,42-39-,51-48-. The van der Waals surface area contributed by atoms with E-state index in [4.69, 9.17) is 14.2 Å². The summed E-state index contributed by atoms with van der Waals surface area (Å²) < 4.78 is 16.8. The Morgan fingerprint density at radius 2 is 0.556 bits per heavy atom. The van der Waals surface area contributed by atoms with Gasteiger partial charge in [-0.2, -0.15) is 0 Å². The molecule has 0 N–H and O–H groups in total. The minimum absolute atomic E-state index is 0.114. The summed E-state index contributed by atoms with van der Waals surface area (Å²) >= 11 is 0. The second-order valence-corrected chi connectivity index (χ2v) is 18.8. The first kappa shape index (κ1) is 67.5. The number of ether oxygens (including phenoxy) is 3. The van der Waals surface area contributed by atoms with Gasteiger partial charge >= 0.3 is 17.9 Å². The van der Waals surface area contributed by atoms with Crippen LogP contribution in [0.3, 0.4) is 0 Å². The number of allylic oxidation sites excluding steroid dienone is 22. The molecule has 6 nitrogen and oxygen atoms in total. The molecule has 1 atom stereocenters. The van der Waals surface area contributed by atoms with E-state index in [1.165, 1.54) is 64.2 Å². The smallest absolute Gasteiger partial charge is 0.306 e. The largest absolute Gasteiger partial charge is 0.462 e.